The van der Waals surface area contributed by atoms with Crippen LogP contribution in [0.4, 0.5) is 0 Å². The Hall–Kier alpha value is -2.29. The Balaban J connectivity index is 2.04. The quantitative estimate of drug-likeness (QED) is 0.552. The van der Waals surface area contributed by atoms with Crippen LogP contribution in [0.25, 0.3) is 0 Å². The topological polar surface area (TPSA) is 99.9 Å². The van der Waals surface area contributed by atoms with E-state index in [2.05, 4.69) is 5.32 Å². The fourth-order valence-corrected chi connectivity index (χ4v) is 3.29. The summed E-state index contributed by atoms with van der Waals surface area (Å²) in [5.74, 6) is 1.33. The molecule has 28 heavy (non-hydrogen) atoms. The summed E-state index contributed by atoms with van der Waals surface area (Å²) in [4.78, 5) is -0.255. The van der Waals surface area contributed by atoms with Gasteiger partial charge in [-0.1, -0.05) is 18.2 Å². The number of sulfonamides is 1. The number of primary sulfonamides is 1. The molecule has 0 saturated carbocycles. The largest absolute Gasteiger partial charge is 0.495 e. The fourth-order valence-electron chi connectivity index (χ4n) is 2.57. The van der Waals surface area contributed by atoms with Crippen molar-refractivity contribution in [1.29, 1.82) is 0 Å². The molecule has 0 bridgehead atoms. The van der Waals surface area contributed by atoms with E-state index in [4.69, 9.17) is 22.1 Å². The molecule has 3 N–H and O–H groups in total. The van der Waals surface area contributed by atoms with Gasteiger partial charge in [0.2, 0.25) is 10.0 Å². The third-order valence-corrected chi connectivity index (χ3v) is 4.74. The summed E-state index contributed by atoms with van der Waals surface area (Å²) >= 11 is 0. The Morgan fingerprint density at radius 1 is 1.14 bits per heavy atom. The average molecular weight is 411 g/mol. The molecular formula is C20H28N2O5S. The third-order valence-electron chi connectivity index (χ3n) is 3.81. The van der Waals surface area contributed by atoms with Gasteiger partial charge in [-0.3, -0.25) is 0 Å². The van der Waals surface area contributed by atoms with Crippen LogP contribution in [0.1, 0.15) is 22.2 Å². The fraction of sp³-hybridized carbons (Fsp3) is 0.400. The summed E-state index contributed by atoms with van der Waals surface area (Å²) in [7, 11) is -2.73. The van der Waals surface area contributed by atoms with E-state index in [1.165, 1.54) is 25.3 Å². The first-order valence-corrected chi connectivity index (χ1v) is 10.4. The molecule has 0 saturated heterocycles. The number of benzene rings is 2. The van der Waals surface area contributed by atoms with Crippen LogP contribution >= 0.6 is 0 Å². The van der Waals surface area contributed by atoms with Crippen molar-refractivity contribution < 1.29 is 25.4 Å². The van der Waals surface area contributed by atoms with Gasteiger partial charge in [0.05, 0.1) is 13.7 Å². The van der Waals surface area contributed by atoms with Crippen molar-refractivity contribution in [1.82, 2.24) is 5.32 Å². The van der Waals surface area contributed by atoms with Gasteiger partial charge in [0.1, 0.15) is 17.3 Å². The molecule has 154 valence electrons. The van der Waals surface area contributed by atoms with E-state index < -0.39 is 22.4 Å². The van der Waals surface area contributed by atoms with Crippen LogP contribution in [-0.4, -0.2) is 41.3 Å². The average Bonchev–Trinajstić information content (AvgIpc) is 2.71. The molecule has 8 heteroatoms. The second kappa shape index (κ2) is 10.3. The number of hydrogen-bond donors (Lipinski definition) is 2. The Bertz CT molecular complexity index is 954. The van der Waals surface area contributed by atoms with Gasteiger partial charge < -0.3 is 19.5 Å². The van der Waals surface area contributed by atoms with Gasteiger partial charge in [-0.15, -0.1) is 0 Å². The second-order valence-corrected chi connectivity index (χ2v) is 7.49. The number of nitrogens with one attached hydrogen (secondary N) is 1. The molecule has 0 radical (unpaired) electrons. The molecule has 2 aromatic rings. The highest BCUT2D eigenvalue weighted by molar-refractivity contribution is 7.89. The van der Waals surface area contributed by atoms with E-state index in [0.29, 0.717) is 31.3 Å². The van der Waals surface area contributed by atoms with E-state index >= 15 is 0 Å². The number of para-hydroxylation sites is 2. The van der Waals surface area contributed by atoms with Gasteiger partial charge in [-0.05, 0) is 50.0 Å². The van der Waals surface area contributed by atoms with Gasteiger partial charge >= 0.3 is 0 Å². The second-order valence-electron chi connectivity index (χ2n) is 5.96. The minimum Gasteiger partial charge on any atom is -0.495 e. The van der Waals surface area contributed by atoms with Crippen molar-refractivity contribution in [3.8, 4) is 17.2 Å². The minimum atomic E-state index is -4.06. The monoisotopic (exact) mass is 410 g/mol. The van der Waals surface area contributed by atoms with Crippen molar-refractivity contribution in [3.63, 3.8) is 0 Å². The summed E-state index contributed by atoms with van der Waals surface area (Å²) in [5, 5.41) is 8.31. The van der Waals surface area contributed by atoms with Crippen molar-refractivity contribution >= 4 is 10.0 Å². The lowest BCUT2D eigenvalue weighted by molar-refractivity contribution is 0.272. The lowest BCUT2D eigenvalue weighted by Gasteiger charge is -2.16. The smallest absolute Gasteiger partial charge is 0.241 e. The maximum absolute atomic E-state index is 11.8. The molecule has 0 aromatic heterocycles. The van der Waals surface area contributed by atoms with Crippen molar-refractivity contribution in [3.05, 3.63) is 48.0 Å². The molecule has 0 aliphatic heterocycles. The molecule has 0 aliphatic rings. The molecule has 0 spiro atoms. The SMILES string of the molecule is [2H]C([2H])(c1ccc(OC)c(S(N)(=O)=O)c1)[C@@H](C)NCCOc1ccccc1OCC. The maximum Gasteiger partial charge on any atom is 0.241 e. The Morgan fingerprint density at radius 2 is 1.82 bits per heavy atom. The summed E-state index contributed by atoms with van der Waals surface area (Å²) < 4.78 is 56.8. The predicted octanol–water partition coefficient (Wildman–Crippen LogP) is 2.34. The van der Waals surface area contributed by atoms with Crippen LogP contribution in [-0.2, 0) is 16.4 Å². The van der Waals surface area contributed by atoms with Crippen LogP contribution in [0.15, 0.2) is 47.4 Å². The normalized spacial score (nSPS) is 14.0. The van der Waals surface area contributed by atoms with E-state index in [1.54, 1.807) is 13.0 Å². The zero-order chi connectivity index (χ0) is 22.4. The molecule has 0 amide bonds. The Morgan fingerprint density at radius 3 is 2.43 bits per heavy atom. The highest BCUT2D eigenvalue weighted by Crippen LogP contribution is 2.26. The number of methoxy groups -OCH3 is 1. The van der Waals surface area contributed by atoms with Crippen LogP contribution in [0.3, 0.4) is 0 Å². The van der Waals surface area contributed by atoms with E-state index in [1.807, 2.05) is 25.1 Å². The first-order chi connectivity index (χ1) is 14.1. The first-order valence-electron chi connectivity index (χ1n) is 9.90. The number of rotatable bonds is 11. The molecule has 7 nitrogen and oxygen atoms in total. The van der Waals surface area contributed by atoms with Gasteiger partial charge in [-0.2, -0.15) is 0 Å². The summed E-state index contributed by atoms with van der Waals surface area (Å²) in [5.41, 5.74) is 0.176. The molecule has 2 aromatic carbocycles. The lowest BCUT2D eigenvalue weighted by Crippen LogP contribution is -2.32. The summed E-state index contributed by atoms with van der Waals surface area (Å²) in [6, 6.07) is 10.8. The Labute approximate surface area is 169 Å². The van der Waals surface area contributed by atoms with Crippen LogP contribution in [0.5, 0.6) is 17.2 Å². The first kappa shape index (κ1) is 19.0. The predicted molar refractivity (Wildman–Crippen MR) is 109 cm³/mol. The van der Waals surface area contributed by atoms with Crippen LogP contribution < -0.4 is 24.7 Å². The lowest BCUT2D eigenvalue weighted by atomic mass is 10.1. The third kappa shape index (κ3) is 6.40. The number of hydrogen-bond acceptors (Lipinski definition) is 6. The summed E-state index contributed by atoms with van der Waals surface area (Å²) in [6.45, 7) is 4.77. The molecule has 1 atom stereocenters. The zero-order valence-electron chi connectivity index (χ0n) is 18.3. The maximum atomic E-state index is 11.8. The number of ether oxygens (including phenoxy) is 3. The highest BCUT2D eigenvalue weighted by atomic mass is 32.2. The molecule has 0 fully saturated rings. The molecule has 0 heterocycles. The molecule has 2 rings (SSSR count). The highest BCUT2D eigenvalue weighted by Gasteiger charge is 2.16. The van der Waals surface area contributed by atoms with Crippen molar-refractivity contribution in [2.45, 2.75) is 31.2 Å². The molecular weight excluding hydrogens is 380 g/mol. The van der Waals surface area contributed by atoms with Crippen molar-refractivity contribution in [2.24, 2.45) is 5.14 Å². The Kier molecular flexibility index (Phi) is 7.01. The molecule has 0 aliphatic carbocycles. The van der Waals surface area contributed by atoms with Gasteiger partial charge in [0.25, 0.3) is 0 Å². The van der Waals surface area contributed by atoms with E-state index in [0.717, 1.165) is 0 Å². The van der Waals surface area contributed by atoms with Gasteiger partial charge in [-0.25, -0.2) is 13.6 Å². The van der Waals surface area contributed by atoms with Crippen molar-refractivity contribution in [2.75, 3.05) is 26.9 Å². The minimum absolute atomic E-state index is 0.0685. The van der Waals surface area contributed by atoms with E-state index in [-0.39, 0.29) is 16.2 Å². The van der Waals surface area contributed by atoms with E-state index in [9.17, 15) is 8.42 Å². The van der Waals surface area contributed by atoms with Crippen LogP contribution in [0, 0.1) is 0 Å². The van der Waals surface area contributed by atoms with Gasteiger partial charge in [0.15, 0.2) is 11.5 Å². The summed E-state index contributed by atoms with van der Waals surface area (Å²) in [6.07, 6.45) is -1.87. The standard InChI is InChI=1S/C20H28N2O5S/c1-4-26-17-7-5-6-8-18(17)27-12-11-22-15(2)13-16-9-10-19(25-3)20(14-16)28(21,23)24/h5-10,14-15,22H,4,11-13H2,1-3H3,(H2,21,23,24)/t15-/m1/s1/i13D2. The van der Waals surface area contributed by atoms with Gasteiger partial charge in [0, 0.05) is 15.3 Å². The van der Waals surface area contributed by atoms with Crippen LogP contribution in [0.2, 0.25) is 0 Å². The number of nitrogens with two attached hydrogens (primary N) is 1. The molecule has 0 unspecified atom stereocenters. The zero-order valence-corrected chi connectivity index (χ0v) is 17.1.